The van der Waals surface area contributed by atoms with Crippen LogP contribution in [0.25, 0.3) is 0 Å². The van der Waals surface area contributed by atoms with Crippen molar-refractivity contribution in [3.8, 4) is 0 Å². The van der Waals surface area contributed by atoms with E-state index in [0.717, 1.165) is 39.1 Å². The summed E-state index contributed by atoms with van der Waals surface area (Å²) < 4.78 is 7.39. The molecule has 1 aromatic heterocycles. The number of ether oxygens (including phenoxy) is 1. The van der Waals surface area contributed by atoms with Crippen molar-refractivity contribution >= 4 is 0 Å². The van der Waals surface area contributed by atoms with Crippen LogP contribution in [0.5, 0.6) is 0 Å². The zero-order valence-electron chi connectivity index (χ0n) is 9.28. The first-order valence-corrected chi connectivity index (χ1v) is 5.71. The van der Waals surface area contributed by atoms with Gasteiger partial charge in [-0.1, -0.05) is 0 Å². The molecule has 0 spiro atoms. The third-order valence-corrected chi connectivity index (χ3v) is 2.79. The van der Waals surface area contributed by atoms with Crippen LogP contribution in [0.3, 0.4) is 0 Å². The molecule has 1 saturated heterocycles. The summed E-state index contributed by atoms with van der Waals surface area (Å²) in [4.78, 5) is 0. The molecule has 15 heavy (non-hydrogen) atoms. The molecule has 0 aromatic carbocycles. The Kier molecular flexibility index (Phi) is 3.75. The Bertz CT molecular complexity index is 292. The van der Waals surface area contributed by atoms with Crippen LogP contribution in [0.2, 0.25) is 0 Å². The summed E-state index contributed by atoms with van der Waals surface area (Å²) in [6, 6.07) is 0.517. The maximum atomic E-state index is 5.41. The number of aromatic nitrogens is 2. The van der Waals surface area contributed by atoms with Crippen LogP contribution in [0, 0.1) is 0 Å². The SMILES string of the molecule is CCn1cc(CCC2COCCN2)cn1. The van der Waals surface area contributed by atoms with Gasteiger partial charge in [0.1, 0.15) is 0 Å². The van der Waals surface area contributed by atoms with Gasteiger partial charge in [-0.05, 0) is 25.3 Å². The number of morpholine rings is 1. The van der Waals surface area contributed by atoms with Crippen LogP contribution < -0.4 is 5.32 Å². The van der Waals surface area contributed by atoms with Crippen LogP contribution in [-0.4, -0.2) is 35.6 Å². The van der Waals surface area contributed by atoms with Crippen molar-refractivity contribution in [3.63, 3.8) is 0 Å². The highest BCUT2D eigenvalue weighted by molar-refractivity contribution is 5.04. The molecule has 1 fully saturated rings. The number of hydrogen-bond donors (Lipinski definition) is 1. The summed E-state index contributed by atoms with van der Waals surface area (Å²) in [5, 5.41) is 7.72. The van der Waals surface area contributed by atoms with Crippen molar-refractivity contribution < 1.29 is 4.74 Å². The van der Waals surface area contributed by atoms with Crippen LogP contribution >= 0.6 is 0 Å². The van der Waals surface area contributed by atoms with E-state index >= 15 is 0 Å². The van der Waals surface area contributed by atoms with Gasteiger partial charge in [0.15, 0.2) is 0 Å². The summed E-state index contributed by atoms with van der Waals surface area (Å²) in [6.07, 6.45) is 6.31. The third-order valence-electron chi connectivity index (χ3n) is 2.79. The average molecular weight is 209 g/mol. The maximum absolute atomic E-state index is 5.41. The summed E-state index contributed by atoms with van der Waals surface area (Å²) in [7, 11) is 0. The van der Waals surface area contributed by atoms with E-state index in [1.165, 1.54) is 5.56 Å². The molecule has 1 aliphatic rings. The summed E-state index contributed by atoms with van der Waals surface area (Å²) in [5.74, 6) is 0. The number of nitrogens with zero attached hydrogens (tertiary/aromatic N) is 2. The number of nitrogens with one attached hydrogen (secondary N) is 1. The van der Waals surface area contributed by atoms with Crippen LogP contribution in [0.4, 0.5) is 0 Å². The molecule has 84 valence electrons. The van der Waals surface area contributed by atoms with Crippen LogP contribution in [0.15, 0.2) is 12.4 Å². The fraction of sp³-hybridized carbons (Fsp3) is 0.727. The van der Waals surface area contributed by atoms with Gasteiger partial charge in [0.2, 0.25) is 0 Å². The second-order valence-electron chi connectivity index (χ2n) is 3.97. The first kappa shape index (κ1) is 10.6. The van der Waals surface area contributed by atoms with Gasteiger partial charge >= 0.3 is 0 Å². The molecule has 1 aromatic rings. The molecular weight excluding hydrogens is 190 g/mol. The Morgan fingerprint density at radius 3 is 3.27 bits per heavy atom. The molecule has 2 heterocycles. The predicted molar refractivity (Wildman–Crippen MR) is 58.8 cm³/mol. The zero-order valence-corrected chi connectivity index (χ0v) is 9.28. The normalized spacial score (nSPS) is 21.8. The van der Waals surface area contributed by atoms with E-state index in [-0.39, 0.29) is 0 Å². The van der Waals surface area contributed by atoms with E-state index in [1.807, 2.05) is 10.9 Å². The quantitative estimate of drug-likeness (QED) is 0.798. The molecule has 4 nitrogen and oxygen atoms in total. The third kappa shape index (κ3) is 3.04. The fourth-order valence-electron chi connectivity index (χ4n) is 1.85. The van der Waals surface area contributed by atoms with E-state index in [2.05, 4.69) is 23.5 Å². The molecule has 2 rings (SSSR count). The molecule has 1 aliphatic heterocycles. The van der Waals surface area contributed by atoms with Crippen LogP contribution in [0.1, 0.15) is 18.9 Å². The molecule has 0 aliphatic carbocycles. The highest BCUT2D eigenvalue weighted by Crippen LogP contribution is 2.06. The molecule has 0 saturated carbocycles. The molecule has 0 amide bonds. The minimum absolute atomic E-state index is 0.517. The van der Waals surface area contributed by atoms with Gasteiger partial charge in [0, 0.05) is 25.3 Å². The lowest BCUT2D eigenvalue weighted by atomic mass is 10.1. The maximum Gasteiger partial charge on any atom is 0.0620 e. The topological polar surface area (TPSA) is 39.1 Å². The highest BCUT2D eigenvalue weighted by Gasteiger charge is 2.12. The zero-order chi connectivity index (χ0) is 10.5. The Balaban J connectivity index is 1.76. The van der Waals surface area contributed by atoms with Crippen molar-refractivity contribution in [3.05, 3.63) is 18.0 Å². The summed E-state index contributed by atoms with van der Waals surface area (Å²) >= 11 is 0. The molecule has 0 bridgehead atoms. The largest absolute Gasteiger partial charge is 0.379 e. The molecule has 1 unspecified atom stereocenters. The van der Waals surface area contributed by atoms with E-state index in [9.17, 15) is 0 Å². The predicted octanol–water partition coefficient (Wildman–Crippen LogP) is 0.824. The Morgan fingerprint density at radius 2 is 2.60 bits per heavy atom. The van der Waals surface area contributed by atoms with Gasteiger partial charge in [-0.2, -0.15) is 5.10 Å². The van der Waals surface area contributed by atoms with Crippen molar-refractivity contribution in [1.29, 1.82) is 0 Å². The van der Waals surface area contributed by atoms with Gasteiger partial charge in [0.05, 0.1) is 19.4 Å². The first-order chi connectivity index (χ1) is 7.38. The second kappa shape index (κ2) is 5.28. The number of aryl methyl sites for hydroxylation is 2. The Hall–Kier alpha value is -0.870. The minimum Gasteiger partial charge on any atom is -0.379 e. The number of rotatable bonds is 4. The smallest absolute Gasteiger partial charge is 0.0620 e. The van der Waals surface area contributed by atoms with Gasteiger partial charge in [-0.3, -0.25) is 4.68 Å². The van der Waals surface area contributed by atoms with Crippen molar-refractivity contribution in [2.24, 2.45) is 0 Å². The van der Waals surface area contributed by atoms with E-state index in [0.29, 0.717) is 6.04 Å². The van der Waals surface area contributed by atoms with Gasteiger partial charge in [-0.15, -0.1) is 0 Å². The van der Waals surface area contributed by atoms with Gasteiger partial charge < -0.3 is 10.1 Å². The van der Waals surface area contributed by atoms with Crippen molar-refractivity contribution in [1.82, 2.24) is 15.1 Å². The second-order valence-corrected chi connectivity index (χ2v) is 3.97. The fourth-order valence-corrected chi connectivity index (χ4v) is 1.85. The number of hydrogen-bond acceptors (Lipinski definition) is 3. The molecule has 1 N–H and O–H groups in total. The van der Waals surface area contributed by atoms with Crippen molar-refractivity contribution in [2.45, 2.75) is 32.4 Å². The Labute approximate surface area is 90.6 Å². The molecule has 4 heteroatoms. The van der Waals surface area contributed by atoms with E-state index in [4.69, 9.17) is 4.74 Å². The monoisotopic (exact) mass is 209 g/mol. The lowest BCUT2D eigenvalue weighted by Crippen LogP contribution is -2.41. The molecule has 1 atom stereocenters. The Morgan fingerprint density at radius 1 is 1.67 bits per heavy atom. The first-order valence-electron chi connectivity index (χ1n) is 5.71. The van der Waals surface area contributed by atoms with Crippen LogP contribution in [-0.2, 0) is 17.7 Å². The van der Waals surface area contributed by atoms with Gasteiger partial charge in [0.25, 0.3) is 0 Å². The minimum atomic E-state index is 0.517. The molecule has 0 radical (unpaired) electrons. The average Bonchev–Trinajstić information content (AvgIpc) is 2.76. The van der Waals surface area contributed by atoms with Crippen molar-refractivity contribution in [2.75, 3.05) is 19.8 Å². The van der Waals surface area contributed by atoms with Gasteiger partial charge in [-0.25, -0.2) is 0 Å². The van der Waals surface area contributed by atoms with E-state index < -0.39 is 0 Å². The standard InChI is InChI=1S/C11H19N3O/c1-2-14-8-10(7-13-14)3-4-11-9-15-6-5-12-11/h7-8,11-12H,2-6,9H2,1H3. The summed E-state index contributed by atoms with van der Waals surface area (Å²) in [5.41, 5.74) is 1.32. The summed E-state index contributed by atoms with van der Waals surface area (Å²) in [6.45, 7) is 5.74. The highest BCUT2D eigenvalue weighted by atomic mass is 16.5. The lowest BCUT2D eigenvalue weighted by molar-refractivity contribution is 0.0743. The molecular formula is C11H19N3O. The lowest BCUT2D eigenvalue weighted by Gasteiger charge is -2.23. The van der Waals surface area contributed by atoms with E-state index in [1.54, 1.807) is 0 Å².